The Kier molecular flexibility index (Phi) is 2.43. The van der Waals surface area contributed by atoms with E-state index in [4.69, 9.17) is 0 Å². The van der Waals surface area contributed by atoms with E-state index in [1.54, 1.807) is 5.51 Å². The van der Waals surface area contributed by atoms with Crippen LogP contribution in [0.15, 0.2) is 5.51 Å². The molecule has 0 spiro atoms. The fraction of sp³-hybridized carbons (Fsp3) is 0.333. The van der Waals surface area contributed by atoms with Crippen molar-refractivity contribution in [2.75, 3.05) is 12.4 Å². The molecule has 0 aliphatic rings. The van der Waals surface area contributed by atoms with Crippen LogP contribution in [0.25, 0.3) is 0 Å². The van der Waals surface area contributed by atoms with Gasteiger partial charge in [0.1, 0.15) is 5.00 Å². The Bertz CT molecular complexity index is 259. The quantitative estimate of drug-likeness (QED) is 0.700. The number of hydrogen-bond acceptors (Lipinski definition) is 4. The number of rotatable bonds is 1. The van der Waals surface area contributed by atoms with Gasteiger partial charge in [0.25, 0.3) is 0 Å². The van der Waals surface area contributed by atoms with Crippen molar-refractivity contribution in [2.24, 2.45) is 0 Å². The van der Waals surface area contributed by atoms with E-state index in [1.807, 2.05) is 6.92 Å². The van der Waals surface area contributed by atoms with Crippen molar-refractivity contribution in [3.05, 3.63) is 11.2 Å². The lowest BCUT2D eigenvalue weighted by atomic mass is 10.5. The molecule has 0 aromatic carbocycles. The highest BCUT2D eigenvalue weighted by Crippen LogP contribution is 2.18. The Morgan fingerprint density at radius 3 is 3.00 bits per heavy atom. The topological polar surface area (TPSA) is 51.2 Å². The molecular formula is C6H8N2O2S. The van der Waals surface area contributed by atoms with Crippen molar-refractivity contribution >= 4 is 22.4 Å². The number of hydrogen-bond donors (Lipinski definition) is 1. The number of carbonyl (C=O) groups is 1. The Morgan fingerprint density at radius 1 is 1.82 bits per heavy atom. The molecule has 0 unspecified atom stereocenters. The predicted octanol–water partition coefficient (Wildman–Crippen LogP) is 1.63. The zero-order valence-electron chi connectivity index (χ0n) is 6.25. The van der Waals surface area contributed by atoms with Gasteiger partial charge in [0.2, 0.25) is 0 Å². The minimum absolute atomic E-state index is 0.461. The van der Waals surface area contributed by atoms with E-state index in [1.165, 1.54) is 18.4 Å². The number of aromatic nitrogens is 1. The summed E-state index contributed by atoms with van der Waals surface area (Å²) in [7, 11) is 1.33. The summed E-state index contributed by atoms with van der Waals surface area (Å²) in [4.78, 5) is 14.6. The van der Waals surface area contributed by atoms with Crippen molar-refractivity contribution in [3.8, 4) is 0 Å². The van der Waals surface area contributed by atoms with Crippen molar-refractivity contribution in [1.82, 2.24) is 4.98 Å². The van der Waals surface area contributed by atoms with Gasteiger partial charge in [-0.15, -0.1) is 11.3 Å². The van der Waals surface area contributed by atoms with Gasteiger partial charge in [0.05, 0.1) is 18.3 Å². The van der Waals surface area contributed by atoms with Crippen LogP contribution in [0.5, 0.6) is 0 Å². The number of anilines is 1. The molecule has 0 radical (unpaired) electrons. The van der Waals surface area contributed by atoms with E-state index >= 15 is 0 Å². The van der Waals surface area contributed by atoms with Crippen LogP contribution >= 0.6 is 11.3 Å². The van der Waals surface area contributed by atoms with Gasteiger partial charge < -0.3 is 4.74 Å². The Morgan fingerprint density at radius 2 is 2.55 bits per heavy atom. The van der Waals surface area contributed by atoms with E-state index in [-0.39, 0.29) is 0 Å². The molecule has 1 aromatic heterocycles. The van der Waals surface area contributed by atoms with Crippen LogP contribution in [-0.4, -0.2) is 18.2 Å². The molecule has 5 heteroatoms. The van der Waals surface area contributed by atoms with Gasteiger partial charge in [-0.25, -0.2) is 9.78 Å². The molecule has 0 atom stereocenters. The molecule has 0 bridgehead atoms. The molecular weight excluding hydrogens is 164 g/mol. The third kappa shape index (κ3) is 1.91. The van der Waals surface area contributed by atoms with Crippen LogP contribution < -0.4 is 5.32 Å². The van der Waals surface area contributed by atoms with Gasteiger partial charge in [-0.1, -0.05) is 0 Å². The van der Waals surface area contributed by atoms with Crippen LogP contribution in [0.4, 0.5) is 9.80 Å². The first-order valence-electron chi connectivity index (χ1n) is 2.99. The maximum absolute atomic E-state index is 10.7. The first-order chi connectivity index (χ1) is 5.24. The Hall–Kier alpha value is -1.10. The van der Waals surface area contributed by atoms with E-state index < -0.39 is 6.09 Å². The normalized spacial score (nSPS) is 9.27. The minimum atomic E-state index is -0.461. The summed E-state index contributed by atoms with van der Waals surface area (Å²) in [5, 5.41) is 3.27. The number of nitrogens with one attached hydrogen (secondary N) is 1. The van der Waals surface area contributed by atoms with Crippen molar-refractivity contribution in [2.45, 2.75) is 6.92 Å². The summed E-state index contributed by atoms with van der Waals surface area (Å²) in [6.45, 7) is 1.82. The molecule has 0 saturated carbocycles. The largest absolute Gasteiger partial charge is 0.453 e. The SMILES string of the molecule is COC(=O)Nc1scnc1C. The smallest absolute Gasteiger partial charge is 0.412 e. The number of nitrogens with zero attached hydrogens (tertiary/aromatic N) is 1. The third-order valence-electron chi connectivity index (χ3n) is 1.15. The van der Waals surface area contributed by atoms with Crippen LogP contribution in [0, 0.1) is 6.92 Å². The lowest BCUT2D eigenvalue weighted by molar-refractivity contribution is 0.187. The number of methoxy groups -OCH3 is 1. The molecule has 60 valence electrons. The highest BCUT2D eigenvalue weighted by atomic mass is 32.1. The molecule has 1 rings (SSSR count). The zero-order chi connectivity index (χ0) is 8.27. The lowest BCUT2D eigenvalue weighted by Gasteiger charge is -1.99. The van der Waals surface area contributed by atoms with E-state index in [0.717, 1.165) is 10.7 Å². The van der Waals surface area contributed by atoms with Crippen molar-refractivity contribution in [3.63, 3.8) is 0 Å². The monoisotopic (exact) mass is 172 g/mol. The molecule has 1 amide bonds. The standard InChI is InChI=1S/C6H8N2O2S/c1-4-5(11-3-7-4)8-6(9)10-2/h3H,1-2H3,(H,8,9). The number of aryl methyl sites for hydroxylation is 1. The summed E-state index contributed by atoms with van der Waals surface area (Å²) in [6.07, 6.45) is -0.461. The molecule has 11 heavy (non-hydrogen) atoms. The van der Waals surface area contributed by atoms with Gasteiger partial charge in [-0.3, -0.25) is 5.32 Å². The number of thiazole rings is 1. The number of amides is 1. The fourth-order valence-corrected chi connectivity index (χ4v) is 1.25. The summed E-state index contributed by atoms with van der Waals surface area (Å²) in [5.41, 5.74) is 2.47. The van der Waals surface area contributed by atoms with Gasteiger partial charge in [0, 0.05) is 0 Å². The molecule has 0 fully saturated rings. The Balaban J connectivity index is 2.64. The molecule has 4 nitrogen and oxygen atoms in total. The zero-order valence-corrected chi connectivity index (χ0v) is 7.07. The first kappa shape index (κ1) is 8.00. The highest BCUT2D eigenvalue weighted by Gasteiger charge is 2.04. The van der Waals surface area contributed by atoms with E-state index in [9.17, 15) is 4.79 Å². The molecule has 1 heterocycles. The summed E-state index contributed by atoms with van der Waals surface area (Å²) in [6, 6.07) is 0. The molecule has 1 aromatic rings. The number of ether oxygens (including phenoxy) is 1. The fourth-order valence-electron chi connectivity index (χ4n) is 0.566. The molecule has 1 N–H and O–H groups in total. The second-order valence-corrected chi connectivity index (χ2v) is 2.74. The summed E-state index contributed by atoms with van der Waals surface area (Å²) >= 11 is 1.37. The maximum Gasteiger partial charge on any atom is 0.412 e. The third-order valence-corrected chi connectivity index (χ3v) is 1.99. The summed E-state index contributed by atoms with van der Waals surface area (Å²) < 4.78 is 4.41. The molecule has 0 saturated heterocycles. The van der Waals surface area contributed by atoms with Gasteiger partial charge >= 0.3 is 6.09 Å². The van der Waals surface area contributed by atoms with Crippen molar-refractivity contribution < 1.29 is 9.53 Å². The molecule has 0 aliphatic carbocycles. The van der Waals surface area contributed by atoms with E-state index in [0.29, 0.717) is 0 Å². The summed E-state index contributed by atoms with van der Waals surface area (Å²) in [5.74, 6) is 0. The minimum Gasteiger partial charge on any atom is -0.453 e. The second-order valence-electron chi connectivity index (χ2n) is 1.88. The van der Waals surface area contributed by atoms with Gasteiger partial charge in [-0.2, -0.15) is 0 Å². The van der Waals surface area contributed by atoms with Crippen LogP contribution in [0.3, 0.4) is 0 Å². The Labute approximate surface area is 68.2 Å². The average molecular weight is 172 g/mol. The number of carbonyl (C=O) groups excluding carboxylic acids is 1. The lowest BCUT2D eigenvalue weighted by Crippen LogP contribution is -2.10. The second kappa shape index (κ2) is 3.34. The van der Waals surface area contributed by atoms with Gasteiger partial charge in [0.15, 0.2) is 0 Å². The van der Waals surface area contributed by atoms with Crippen LogP contribution in [0.2, 0.25) is 0 Å². The van der Waals surface area contributed by atoms with Crippen LogP contribution in [-0.2, 0) is 4.74 Å². The predicted molar refractivity (Wildman–Crippen MR) is 42.9 cm³/mol. The van der Waals surface area contributed by atoms with Crippen molar-refractivity contribution in [1.29, 1.82) is 0 Å². The highest BCUT2D eigenvalue weighted by molar-refractivity contribution is 7.14. The average Bonchev–Trinajstić information content (AvgIpc) is 2.37. The van der Waals surface area contributed by atoms with Gasteiger partial charge in [-0.05, 0) is 6.92 Å². The maximum atomic E-state index is 10.7. The first-order valence-corrected chi connectivity index (χ1v) is 3.87. The van der Waals surface area contributed by atoms with Crippen LogP contribution in [0.1, 0.15) is 5.69 Å². The molecule has 0 aliphatic heterocycles. The van der Waals surface area contributed by atoms with E-state index in [2.05, 4.69) is 15.0 Å².